The van der Waals surface area contributed by atoms with Gasteiger partial charge in [0, 0.05) is 17.5 Å². The number of anilines is 1. The molecule has 10 heteroatoms. The highest BCUT2D eigenvalue weighted by Crippen LogP contribution is 2.36. The fourth-order valence-corrected chi connectivity index (χ4v) is 3.39. The fraction of sp³-hybridized carbons (Fsp3) is 0.286. The van der Waals surface area contributed by atoms with Crippen LogP contribution in [0.5, 0.6) is 0 Å². The number of benzene rings is 1. The molecule has 4 rings (SSSR count). The maximum absolute atomic E-state index is 12.9. The van der Waals surface area contributed by atoms with Crippen LogP contribution in [0, 0.1) is 6.92 Å². The van der Waals surface area contributed by atoms with Crippen molar-refractivity contribution >= 4 is 11.9 Å². The molecule has 162 valence electrons. The van der Waals surface area contributed by atoms with Gasteiger partial charge in [-0.3, -0.25) is 15.1 Å². The number of halogens is 3. The maximum Gasteiger partial charge on any atom is 0.451 e. The third-order valence-corrected chi connectivity index (χ3v) is 5.18. The van der Waals surface area contributed by atoms with E-state index in [0.717, 1.165) is 22.4 Å². The molecule has 0 saturated carbocycles. The minimum atomic E-state index is -4.69. The van der Waals surface area contributed by atoms with Crippen LogP contribution in [-0.4, -0.2) is 34.2 Å². The van der Waals surface area contributed by atoms with E-state index in [1.54, 1.807) is 36.5 Å². The second-order valence-electron chi connectivity index (χ2n) is 7.27. The highest BCUT2D eigenvalue weighted by atomic mass is 19.4. The highest BCUT2D eigenvalue weighted by molar-refractivity contribution is 5.99. The summed E-state index contributed by atoms with van der Waals surface area (Å²) in [5.74, 6) is -1.87. The number of nitrogens with zero attached hydrogens (tertiary/aromatic N) is 2. The van der Waals surface area contributed by atoms with Gasteiger partial charge in [0.15, 0.2) is 0 Å². The molecule has 7 nitrogen and oxygen atoms in total. The number of hydrogen-bond acceptors (Lipinski definition) is 6. The summed E-state index contributed by atoms with van der Waals surface area (Å²) < 4.78 is 47.9. The number of amides is 1. The molecule has 0 aliphatic carbocycles. The normalized spacial score (nSPS) is 15.4. The van der Waals surface area contributed by atoms with Gasteiger partial charge in [-0.15, -0.1) is 0 Å². The SMILES string of the molecule is Cc1cc(CO)c(-c2ccc(C3(C(=O)Nc4ncc(C(F)(F)F)o4)COC3)cc2)cn1. The lowest BCUT2D eigenvalue weighted by atomic mass is 9.77. The molecule has 31 heavy (non-hydrogen) atoms. The van der Waals surface area contributed by atoms with Crippen LogP contribution in [0.3, 0.4) is 0 Å². The highest BCUT2D eigenvalue weighted by Gasteiger charge is 2.48. The number of rotatable bonds is 5. The standard InChI is InChI=1S/C21H18F3N3O4/c1-12-6-14(9-28)16(7-25-12)13-2-4-15(5-3-13)20(10-30-11-20)18(29)27-19-26-8-17(31-19)21(22,23)24/h2-8,28H,9-11H2,1H3,(H,26,27,29). The van der Waals surface area contributed by atoms with E-state index in [-0.39, 0.29) is 19.8 Å². The van der Waals surface area contributed by atoms with E-state index in [1.807, 2.05) is 6.92 Å². The van der Waals surface area contributed by atoms with Crippen molar-refractivity contribution in [2.75, 3.05) is 18.5 Å². The van der Waals surface area contributed by atoms with Crippen LogP contribution >= 0.6 is 0 Å². The number of ether oxygens (including phenoxy) is 1. The first kappa shape index (κ1) is 21.0. The Morgan fingerprint density at radius 3 is 2.45 bits per heavy atom. The zero-order valence-corrected chi connectivity index (χ0v) is 16.4. The Bertz CT molecular complexity index is 1110. The van der Waals surface area contributed by atoms with E-state index in [9.17, 15) is 23.1 Å². The molecule has 0 spiro atoms. The van der Waals surface area contributed by atoms with Gasteiger partial charge in [-0.1, -0.05) is 24.3 Å². The summed E-state index contributed by atoms with van der Waals surface area (Å²) in [6, 6.07) is 8.34. The molecule has 2 aromatic heterocycles. The van der Waals surface area contributed by atoms with Gasteiger partial charge in [-0.2, -0.15) is 13.2 Å². The largest absolute Gasteiger partial charge is 0.451 e. The van der Waals surface area contributed by atoms with Crippen molar-refractivity contribution in [1.82, 2.24) is 9.97 Å². The molecule has 3 aromatic rings. The van der Waals surface area contributed by atoms with Gasteiger partial charge >= 0.3 is 12.2 Å². The number of aliphatic hydroxyl groups excluding tert-OH is 1. The molecule has 1 saturated heterocycles. The number of hydrogen-bond donors (Lipinski definition) is 2. The number of aryl methyl sites for hydroxylation is 1. The minimum absolute atomic E-state index is 0.0684. The number of carbonyl (C=O) groups excluding carboxylic acids is 1. The van der Waals surface area contributed by atoms with Crippen molar-refractivity contribution in [1.29, 1.82) is 0 Å². The van der Waals surface area contributed by atoms with E-state index < -0.39 is 29.3 Å². The van der Waals surface area contributed by atoms with Gasteiger partial charge in [0.1, 0.15) is 5.41 Å². The maximum atomic E-state index is 12.9. The molecule has 1 aliphatic heterocycles. The first-order valence-corrected chi connectivity index (χ1v) is 9.32. The Labute approximate surface area is 174 Å². The number of carbonyl (C=O) groups is 1. The summed E-state index contributed by atoms with van der Waals surface area (Å²) in [5.41, 5.74) is 2.64. The van der Waals surface area contributed by atoms with E-state index >= 15 is 0 Å². The molecule has 2 N–H and O–H groups in total. The third kappa shape index (κ3) is 3.91. The summed E-state index contributed by atoms with van der Waals surface area (Å²) in [4.78, 5) is 20.6. The number of alkyl halides is 3. The Balaban J connectivity index is 1.57. The second kappa shape index (κ2) is 7.78. The van der Waals surface area contributed by atoms with E-state index in [0.29, 0.717) is 11.8 Å². The molecular formula is C21H18F3N3O4. The van der Waals surface area contributed by atoms with Gasteiger partial charge in [0.05, 0.1) is 26.0 Å². The topological polar surface area (TPSA) is 97.5 Å². The molecule has 1 aliphatic rings. The van der Waals surface area contributed by atoms with Crippen LogP contribution in [0.25, 0.3) is 11.1 Å². The van der Waals surface area contributed by atoms with Crippen LogP contribution in [0.1, 0.15) is 22.6 Å². The third-order valence-electron chi connectivity index (χ3n) is 5.18. The molecule has 1 fully saturated rings. The van der Waals surface area contributed by atoms with Crippen molar-refractivity contribution in [2.24, 2.45) is 0 Å². The number of nitrogens with one attached hydrogen (secondary N) is 1. The van der Waals surface area contributed by atoms with Crippen molar-refractivity contribution in [3.8, 4) is 11.1 Å². The van der Waals surface area contributed by atoms with Gasteiger partial charge in [0.2, 0.25) is 11.7 Å². The van der Waals surface area contributed by atoms with Gasteiger partial charge in [0.25, 0.3) is 0 Å². The molecule has 0 atom stereocenters. The van der Waals surface area contributed by atoms with E-state index in [4.69, 9.17) is 4.74 Å². The lowest BCUT2D eigenvalue weighted by molar-refractivity contribution is -0.153. The molecule has 0 bridgehead atoms. The van der Waals surface area contributed by atoms with Gasteiger partial charge in [-0.25, -0.2) is 4.98 Å². The zero-order chi connectivity index (χ0) is 22.2. The van der Waals surface area contributed by atoms with E-state index in [1.165, 1.54) is 0 Å². The van der Waals surface area contributed by atoms with Crippen LogP contribution in [0.2, 0.25) is 0 Å². The Morgan fingerprint density at radius 2 is 1.90 bits per heavy atom. The molecule has 0 radical (unpaired) electrons. The first-order valence-electron chi connectivity index (χ1n) is 9.32. The van der Waals surface area contributed by atoms with E-state index in [2.05, 4.69) is 19.7 Å². The Morgan fingerprint density at radius 1 is 1.19 bits per heavy atom. The fourth-order valence-electron chi connectivity index (χ4n) is 3.39. The van der Waals surface area contributed by atoms with Gasteiger partial charge < -0.3 is 14.3 Å². The predicted molar refractivity (Wildman–Crippen MR) is 103 cm³/mol. The van der Waals surface area contributed by atoms with Crippen molar-refractivity contribution in [3.05, 3.63) is 65.3 Å². The average molecular weight is 433 g/mol. The van der Waals surface area contributed by atoms with Crippen molar-refractivity contribution in [3.63, 3.8) is 0 Å². The zero-order valence-electron chi connectivity index (χ0n) is 16.4. The quantitative estimate of drug-likeness (QED) is 0.640. The van der Waals surface area contributed by atoms with Gasteiger partial charge in [-0.05, 0) is 29.7 Å². The monoisotopic (exact) mass is 433 g/mol. The lowest BCUT2D eigenvalue weighted by Gasteiger charge is -2.39. The van der Waals surface area contributed by atoms with Crippen LogP contribution in [-0.2, 0) is 27.7 Å². The molecule has 1 aromatic carbocycles. The van der Waals surface area contributed by atoms with Crippen LogP contribution < -0.4 is 5.32 Å². The molecule has 1 amide bonds. The Kier molecular flexibility index (Phi) is 5.28. The average Bonchev–Trinajstić information content (AvgIpc) is 3.16. The first-order chi connectivity index (χ1) is 14.7. The number of oxazole rings is 1. The Hall–Kier alpha value is -3.24. The summed E-state index contributed by atoms with van der Waals surface area (Å²) in [5, 5.41) is 11.9. The molecule has 3 heterocycles. The number of aromatic nitrogens is 2. The second-order valence-corrected chi connectivity index (χ2v) is 7.27. The minimum Gasteiger partial charge on any atom is -0.419 e. The van der Waals surface area contributed by atoms with Crippen molar-refractivity contribution in [2.45, 2.75) is 25.1 Å². The molecule has 0 unspecified atom stereocenters. The van der Waals surface area contributed by atoms with Crippen molar-refractivity contribution < 1.29 is 32.2 Å². The lowest BCUT2D eigenvalue weighted by Crippen LogP contribution is -2.55. The number of pyridine rings is 1. The number of aliphatic hydroxyl groups is 1. The smallest absolute Gasteiger partial charge is 0.419 e. The molecular weight excluding hydrogens is 415 g/mol. The summed E-state index contributed by atoms with van der Waals surface area (Å²) in [6.07, 6.45) is -2.50. The van der Waals surface area contributed by atoms with Crippen LogP contribution in [0.4, 0.5) is 19.2 Å². The summed E-state index contributed by atoms with van der Waals surface area (Å²) in [6.45, 7) is 1.82. The summed E-state index contributed by atoms with van der Waals surface area (Å²) in [7, 11) is 0. The van der Waals surface area contributed by atoms with Crippen LogP contribution in [0.15, 0.2) is 47.1 Å². The summed E-state index contributed by atoms with van der Waals surface area (Å²) >= 11 is 0. The predicted octanol–water partition coefficient (Wildman–Crippen LogP) is 3.46.